The molecule has 70 valence electrons. The van der Waals surface area contributed by atoms with Crippen LogP contribution in [0.5, 0.6) is 0 Å². The number of hydrogen-bond donors (Lipinski definition) is 0. The van der Waals surface area contributed by atoms with Gasteiger partial charge in [-0.3, -0.25) is 4.99 Å². The maximum atomic E-state index is 4.18. The van der Waals surface area contributed by atoms with Crippen molar-refractivity contribution in [3.63, 3.8) is 0 Å². The molecule has 0 amide bonds. The second kappa shape index (κ2) is 4.08. The fourth-order valence-electron chi connectivity index (χ4n) is 1.38. The lowest BCUT2D eigenvalue weighted by Crippen LogP contribution is -2.19. The summed E-state index contributed by atoms with van der Waals surface area (Å²) in [5.74, 6) is 0.486. The van der Waals surface area contributed by atoms with E-state index in [1.165, 1.54) is 5.69 Å². The minimum Gasteiger partial charge on any atom is -0.306 e. The Balaban J connectivity index is 3.45. The van der Waals surface area contributed by atoms with Crippen LogP contribution in [0.4, 0.5) is 0 Å². The van der Waals surface area contributed by atoms with Crippen LogP contribution in [-0.4, -0.2) is 11.6 Å². The van der Waals surface area contributed by atoms with Crippen molar-refractivity contribution in [1.82, 2.24) is 4.57 Å². The van der Waals surface area contributed by atoms with E-state index in [1.807, 2.05) is 16.7 Å². The number of hydrogen-bond acceptors (Lipinski definition) is 1. The molecule has 0 bridgehead atoms. The van der Waals surface area contributed by atoms with Gasteiger partial charge in [0.2, 0.25) is 0 Å². The first kappa shape index (κ1) is 9.78. The van der Waals surface area contributed by atoms with Crippen molar-refractivity contribution in [3.05, 3.63) is 36.0 Å². The SMILES string of the molecule is C=Cn1c(C(C)C)cccc1=NC. The van der Waals surface area contributed by atoms with Crippen molar-refractivity contribution in [2.75, 3.05) is 7.05 Å². The van der Waals surface area contributed by atoms with Gasteiger partial charge in [0, 0.05) is 18.9 Å². The Morgan fingerprint density at radius 1 is 1.46 bits per heavy atom. The Hall–Kier alpha value is -1.31. The maximum Gasteiger partial charge on any atom is 0.131 e. The van der Waals surface area contributed by atoms with E-state index in [-0.39, 0.29) is 0 Å². The first-order valence-electron chi connectivity index (χ1n) is 4.47. The van der Waals surface area contributed by atoms with Gasteiger partial charge in [-0.25, -0.2) is 0 Å². The fourth-order valence-corrected chi connectivity index (χ4v) is 1.38. The van der Waals surface area contributed by atoms with Crippen LogP contribution in [0.15, 0.2) is 29.8 Å². The third-order valence-corrected chi connectivity index (χ3v) is 2.04. The molecule has 0 aliphatic heterocycles. The molecule has 1 rings (SSSR count). The average Bonchev–Trinajstić information content (AvgIpc) is 2.16. The summed E-state index contributed by atoms with van der Waals surface area (Å²) in [5, 5.41) is 0. The molecule has 0 saturated heterocycles. The highest BCUT2D eigenvalue weighted by Gasteiger charge is 2.02. The zero-order valence-corrected chi connectivity index (χ0v) is 8.49. The number of rotatable bonds is 2. The fraction of sp³-hybridized carbons (Fsp3) is 0.364. The van der Waals surface area contributed by atoms with E-state index >= 15 is 0 Å². The molecule has 2 heteroatoms. The number of pyridine rings is 1. The van der Waals surface area contributed by atoms with Crippen molar-refractivity contribution >= 4 is 6.20 Å². The predicted molar refractivity (Wildman–Crippen MR) is 56.4 cm³/mol. The van der Waals surface area contributed by atoms with Crippen LogP contribution in [0, 0.1) is 0 Å². The van der Waals surface area contributed by atoms with Gasteiger partial charge in [-0.05, 0) is 18.1 Å². The van der Waals surface area contributed by atoms with Crippen LogP contribution in [0.25, 0.3) is 6.20 Å². The van der Waals surface area contributed by atoms with Crippen molar-refractivity contribution in [1.29, 1.82) is 0 Å². The zero-order valence-electron chi connectivity index (χ0n) is 8.49. The van der Waals surface area contributed by atoms with Gasteiger partial charge in [-0.15, -0.1) is 0 Å². The quantitative estimate of drug-likeness (QED) is 0.657. The highest BCUT2D eigenvalue weighted by molar-refractivity contribution is 5.25. The molecule has 0 N–H and O–H groups in total. The summed E-state index contributed by atoms with van der Waals surface area (Å²) in [6.07, 6.45) is 1.80. The number of aromatic nitrogens is 1. The normalized spacial score (nSPS) is 12.2. The van der Waals surface area contributed by atoms with Gasteiger partial charge < -0.3 is 4.57 Å². The van der Waals surface area contributed by atoms with Gasteiger partial charge in [-0.2, -0.15) is 0 Å². The van der Waals surface area contributed by atoms with Gasteiger partial charge in [-0.1, -0.05) is 26.5 Å². The molecule has 0 saturated carbocycles. The van der Waals surface area contributed by atoms with E-state index in [0.29, 0.717) is 5.92 Å². The third kappa shape index (κ3) is 1.89. The van der Waals surface area contributed by atoms with Crippen molar-refractivity contribution < 1.29 is 0 Å². The molecule has 0 aromatic carbocycles. The third-order valence-electron chi connectivity index (χ3n) is 2.04. The minimum absolute atomic E-state index is 0.486. The highest BCUT2D eigenvalue weighted by Crippen LogP contribution is 2.11. The maximum absolute atomic E-state index is 4.18. The summed E-state index contributed by atoms with van der Waals surface area (Å²) in [5.41, 5.74) is 2.18. The Morgan fingerprint density at radius 2 is 2.15 bits per heavy atom. The molecule has 1 heterocycles. The van der Waals surface area contributed by atoms with E-state index < -0.39 is 0 Å². The Labute approximate surface area is 79.3 Å². The molecule has 13 heavy (non-hydrogen) atoms. The smallest absolute Gasteiger partial charge is 0.131 e. The second-order valence-corrected chi connectivity index (χ2v) is 3.24. The van der Waals surface area contributed by atoms with Crippen LogP contribution in [0.2, 0.25) is 0 Å². The van der Waals surface area contributed by atoms with E-state index in [0.717, 1.165) is 5.49 Å². The predicted octanol–water partition coefficient (Wildman–Crippen LogP) is 2.24. The first-order chi connectivity index (χ1) is 6.20. The molecular weight excluding hydrogens is 160 g/mol. The van der Waals surface area contributed by atoms with Crippen molar-refractivity contribution in [2.24, 2.45) is 4.99 Å². The summed E-state index contributed by atoms with van der Waals surface area (Å²) in [7, 11) is 1.79. The topological polar surface area (TPSA) is 17.3 Å². The van der Waals surface area contributed by atoms with Gasteiger partial charge in [0.05, 0.1) is 0 Å². The molecule has 2 nitrogen and oxygen atoms in total. The van der Waals surface area contributed by atoms with Gasteiger partial charge in [0.15, 0.2) is 0 Å². The molecule has 0 fully saturated rings. The van der Waals surface area contributed by atoms with Crippen LogP contribution in [-0.2, 0) is 0 Å². The molecular formula is C11H16N2. The van der Waals surface area contributed by atoms with E-state index in [2.05, 4.69) is 31.5 Å². The van der Waals surface area contributed by atoms with E-state index in [9.17, 15) is 0 Å². The summed E-state index contributed by atoms with van der Waals surface area (Å²) < 4.78 is 2.02. The van der Waals surface area contributed by atoms with E-state index in [4.69, 9.17) is 0 Å². The summed E-state index contributed by atoms with van der Waals surface area (Å²) >= 11 is 0. The summed E-state index contributed by atoms with van der Waals surface area (Å²) in [4.78, 5) is 4.18. The number of nitrogens with zero attached hydrogens (tertiary/aromatic N) is 2. The molecule has 0 radical (unpaired) electrons. The average molecular weight is 176 g/mol. The molecule has 0 atom stereocenters. The molecule has 0 unspecified atom stereocenters. The van der Waals surface area contributed by atoms with Crippen LogP contribution < -0.4 is 5.49 Å². The Bertz CT molecular complexity index is 359. The summed E-state index contributed by atoms with van der Waals surface area (Å²) in [6, 6.07) is 6.10. The monoisotopic (exact) mass is 176 g/mol. The van der Waals surface area contributed by atoms with Gasteiger partial charge in [0.25, 0.3) is 0 Å². The van der Waals surface area contributed by atoms with Crippen molar-refractivity contribution in [3.8, 4) is 0 Å². The highest BCUT2D eigenvalue weighted by atomic mass is 15.0. The molecule has 0 spiro atoms. The molecule has 0 aliphatic rings. The Morgan fingerprint density at radius 3 is 2.62 bits per heavy atom. The van der Waals surface area contributed by atoms with Crippen LogP contribution in [0.3, 0.4) is 0 Å². The Kier molecular flexibility index (Phi) is 3.07. The standard InChI is InChI=1S/C11H16N2/c1-5-13-10(9(2)3)7-6-8-11(13)12-4/h5-9H,1H2,2-4H3. The lowest BCUT2D eigenvalue weighted by Gasteiger charge is -2.12. The van der Waals surface area contributed by atoms with Crippen LogP contribution >= 0.6 is 0 Å². The van der Waals surface area contributed by atoms with E-state index in [1.54, 1.807) is 13.2 Å². The lowest BCUT2D eigenvalue weighted by molar-refractivity contribution is 0.767. The van der Waals surface area contributed by atoms with Crippen molar-refractivity contribution in [2.45, 2.75) is 19.8 Å². The minimum atomic E-state index is 0.486. The molecule has 1 aromatic heterocycles. The molecule has 0 aliphatic carbocycles. The van der Waals surface area contributed by atoms with Gasteiger partial charge in [0.1, 0.15) is 5.49 Å². The summed E-state index contributed by atoms with van der Waals surface area (Å²) in [6.45, 7) is 8.11. The first-order valence-corrected chi connectivity index (χ1v) is 4.47. The zero-order chi connectivity index (χ0) is 9.84. The second-order valence-electron chi connectivity index (χ2n) is 3.24. The molecule has 1 aromatic rings. The van der Waals surface area contributed by atoms with Gasteiger partial charge >= 0.3 is 0 Å². The lowest BCUT2D eigenvalue weighted by atomic mass is 10.1. The van der Waals surface area contributed by atoms with Crippen LogP contribution in [0.1, 0.15) is 25.5 Å². The largest absolute Gasteiger partial charge is 0.306 e.